The van der Waals surface area contributed by atoms with Gasteiger partial charge in [-0.25, -0.2) is 0 Å². The number of Topliss-reactive ketones (excluding diaryl/α,β-unsaturated/α-hetero) is 2. The van der Waals surface area contributed by atoms with Crippen LogP contribution in [-0.2, 0) is 4.79 Å². The Morgan fingerprint density at radius 2 is 1.60 bits per heavy atom. The van der Waals surface area contributed by atoms with Crippen molar-refractivity contribution in [3.05, 3.63) is 35.4 Å². The number of carbonyl (C=O) groups is 2. The molecule has 0 aromatic heterocycles. The summed E-state index contributed by atoms with van der Waals surface area (Å²) >= 11 is 0. The monoisotopic (exact) mass is 342 g/mol. The van der Waals surface area contributed by atoms with Gasteiger partial charge in [0, 0.05) is 12.0 Å². The SMILES string of the molecule is CCCCCC(=O)CC(=O)c1ccc(C2CCC(CCC)CC2)cc1. The van der Waals surface area contributed by atoms with Gasteiger partial charge in [0.25, 0.3) is 0 Å². The standard InChI is InChI=1S/C23H34O2/c1-3-5-6-8-22(24)17-23(25)21-15-13-20(14-16-21)19-11-9-18(7-4-2)10-12-19/h13-16,18-19H,3-12,17H2,1-2H3. The smallest absolute Gasteiger partial charge is 0.170 e. The molecule has 1 aromatic rings. The first-order valence-electron chi connectivity index (χ1n) is 10.3. The third kappa shape index (κ3) is 6.41. The summed E-state index contributed by atoms with van der Waals surface area (Å²) in [5.41, 5.74) is 2.05. The molecule has 0 heterocycles. The Labute approximate surface area is 153 Å². The lowest BCUT2D eigenvalue weighted by Gasteiger charge is -2.28. The molecule has 1 aliphatic carbocycles. The van der Waals surface area contributed by atoms with E-state index in [1.54, 1.807) is 0 Å². The van der Waals surface area contributed by atoms with Crippen molar-refractivity contribution in [3.8, 4) is 0 Å². The Hall–Kier alpha value is -1.44. The highest BCUT2D eigenvalue weighted by Gasteiger charge is 2.22. The van der Waals surface area contributed by atoms with Crippen LogP contribution in [0.5, 0.6) is 0 Å². The van der Waals surface area contributed by atoms with Crippen LogP contribution in [0.2, 0.25) is 0 Å². The highest BCUT2D eigenvalue weighted by molar-refractivity contribution is 6.07. The summed E-state index contributed by atoms with van der Waals surface area (Å²) in [5.74, 6) is 1.62. The molecule has 0 amide bonds. The molecule has 2 heteroatoms. The molecule has 0 radical (unpaired) electrons. The van der Waals surface area contributed by atoms with Crippen LogP contribution in [0.3, 0.4) is 0 Å². The molecule has 1 fully saturated rings. The minimum atomic E-state index is -0.0281. The first kappa shape index (κ1) is 19.9. The summed E-state index contributed by atoms with van der Waals surface area (Å²) in [4.78, 5) is 24.1. The molecule has 0 bridgehead atoms. The van der Waals surface area contributed by atoms with Gasteiger partial charge in [0.05, 0.1) is 6.42 Å². The molecular formula is C23H34O2. The van der Waals surface area contributed by atoms with Gasteiger partial charge >= 0.3 is 0 Å². The fourth-order valence-corrected chi connectivity index (χ4v) is 4.08. The van der Waals surface area contributed by atoms with Gasteiger partial charge in [-0.05, 0) is 49.5 Å². The molecule has 25 heavy (non-hydrogen) atoms. The molecule has 0 aliphatic heterocycles. The van der Waals surface area contributed by atoms with E-state index in [9.17, 15) is 9.59 Å². The maximum atomic E-state index is 12.3. The zero-order valence-corrected chi connectivity index (χ0v) is 16.1. The predicted octanol–water partition coefficient (Wildman–Crippen LogP) is 6.48. The van der Waals surface area contributed by atoms with Gasteiger partial charge in [0.15, 0.2) is 5.78 Å². The van der Waals surface area contributed by atoms with E-state index in [0.717, 1.165) is 25.2 Å². The maximum absolute atomic E-state index is 12.3. The van der Waals surface area contributed by atoms with Crippen LogP contribution in [0.4, 0.5) is 0 Å². The maximum Gasteiger partial charge on any atom is 0.170 e. The van der Waals surface area contributed by atoms with Crippen molar-refractivity contribution < 1.29 is 9.59 Å². The quantitative estimate of drug-likeness (QED) is 0.277. The van der Waals surface area contributed by atoms with E-state index in [-0.39, 0.29) is 18.0 Å². The molecule has 0 saturated heterocycles. The Bertz CT molecular complexity index is 536. The fraction of sp³-hybridized carbons (Fsp3) is 0.652. The van der Waals surface area contributed by atoms with Crippen LogP contribution >= 0.6 is 0 Å². The molecule has 1 saturated carbocycles. The summed E-state index contributed by atoms with van der Waals surface area (Å²) in [5, 5.41) is 0. The van der Waals surface area contributed by atoms with Crippen LogP contribution in [0.1, 0.15) is 106 Å². The van der Waals surface area contributed by atoms with Crippen LogP contribution in [-0.4, -0.2) is 11.6 Å². The first-order valence-corrected chi connectivity index (χ1v) is 10.3. The van der Waals surface area contributed by atoms with Crippen molar-refractivity contribution in [3.63, 3.8) is 0 Å². The second kappa shape index (κ2) is 10.5. The zero-order chi connectivity index (χ0) is 18.1. The average Bonchev–Trinajstić information content (AvgIpc) is 2.63. The van der Waals surface area contributed by atoms with E-state index in [1.165, 1.54) is 44.1 Å². The van der Waals surface area contributed by atoms with Crippen LogP contribution in [0.15, 0.2) is 24.3 Å². The Morgan fingerprint density at radius 1 is 0.920 bits per heavy atom. The molecule has 138 valence electrons. The van der Waals surface area contributed by atoms with E-state index < -0.39 is 0 Å². The van der Waals surface area contributed by atoms with Crippen LogP contribution in [0.25, 0.3) is 0 Å². The zero-order valence-electron chi connectivity index (χ0n) is 16.1. The van der Waals surface area contributed by atoms with Crippen molar-refractivity contribution in [2.75, 3.05) is 0 Å². The Balaban J connectivity index is 1.83. The summed E-state index contributed by atoms with van der Waals surface area (Å²) in [6.45, 7) is 4.39. The molecular weight excluding hydrogens is 308 g/mol. The minimum Gasteiger partial charge on any atom is -0.299 e. The van der Waals surface area contributed by atoms with Crippen molar-refractivity contribution in [2.45, 2.75) is 90.4 Å². The van der Waals surface area contributed by atoms with E-state index in [0.29, 0.717) is 17.9 Å². The van der Waals surface area contributed by atoms with E-state index in [4.69, 9.17) is 0 Å². The number of ketones is 2. The third-order valence-corrected chi connectivity index (χ3v) is 5.66. The second-order valence-electron chi connectivity index (χ2n) is 7.72. The van der Waals surface area contributed by atoms with E-state index >= 15 is 0 Å². The highest BCUT2D eigenvalue weighted by atomic mass is 16.1. The van der Waals surface area contributed by atoms with Crippen molar-refractivity contribution in [2.24, 2.45) is 5.92 Å². The molecule has 0 atom stereocenters. The summed E-state index contributed by atoms with van der Waals surface area (Å²) in [6.07, 6.45) is 11.6. The van der Waals surface area contributed by atoms with Crippen molar-refractivity contribution >= 4 is 11.6 Å². The highest BCUT2D eigenvalue weighted by Crippen LogP contribution is 2.37. The fourth-order valence-electron chi connectivity index (χ4n) is 4.08. The second-order valence-corrected chi connectivity index (χ2v) is 7.72. The topological polar surface area (TPSA) is 34.1 Å². The molecule has 1 aromatic carbocycles. The lowest BCUT2D eigenvalue weighted by molar-refractivity contribution is -0.118. The third-order valence-electron chi connectivity index (χ3n) is 5.66. The van der Waals surface area contributed by atoms with Gasteiger partial charge in [-0.3, -0.25) is 9.59 Å². The number of unbranched alkanes of at least 4 members (excludes halogenated alkanes) is 2. The largest absolute Gasteiger partial charge is 0.299 e. The molecule has 0 unspecified atom stereocenters. The van der Waals surface area contributed by atoms with Gasteiger partial charge in [-0.2, -0.15) is 0 Å². The number of hydrogen-bond acceptors (Lipinski definition) is 2. The van der Waals surface area contributed by atoms with Gasteiger partial charge in [-0.15, -0.1) is 0 Å². The normalized spacial score (nSPS) is 20.4. The lowest BCUT2D eigenvalue weighted by Crippen LogP contribution is -2.13. The molecule has 2 nitrogen and oxygen atoms in total. The number of rotatable bonds is 10. The number of benzene rings is 1. The van der Waals surface area contributed by atoms with E-state index in [1.807, 2.05) is 12.1 Å². The summed E-state index contributed by atoms with van der Waals surface area (Å²) < 4.78 is 0. The van der Waals surface area contributed by atoms with Crippen LogP contribution in [0, 0.1) is 5.92 Å². The van der Waals surface area contributed by atoms with Gasteiger partial charge in [0.2, 0.25) is 0 Å². The van der Waals surface area contributed by atoms with Crippen molar-refractivity contribution in [1.29, 1.82) is 0 Å². The average molecular weight is 343 g/mol. The molecule has 0 N–H and O–H groups in total. The van der Waals surface area contributed by atoms with Crippen LogP contribution < -0.4 is 0 Å². The predicted molar refractivity (Wildman–Crippen MR) is 104 cm³/mol. The Morgan fingerprint density at radius 3 is 2.20 bits per heavy atom. The molecule has 0 spiro atoms. The van der Waals surface area contributed by atoms with Gasteiger partial charge < -0.3 is 0 Å². The summed E-state index contributed by atoms with van der Waals surface area (Å²) in [7, 11) is 0. The summed E-state index contributed by atoms with van der Waals surface area (Å²) in [6, 6.07) is 8.07. The van der Waals surface area contributed by atoms with Gasteiger partial charge in [0.1, 0.15) is 5.78 Å². The minimum absolute atomic E-state index is 0.0281. The number of hydrogen-bond donors (Lipinski definition) is 0. The van der Waals surface area contributed by atoms with E-state index in [2.05, 4.69) is 26.0 Å². The van der Waals surface area contributed by atoms with Crippen molar-refractivity contribution in [1.82, 2.24) is 0 Å². The van der Waals surface area contributed by atoms with Gasteiger partial charge in [-0.1, -0.05) is 63.8 Å². The molecule has 2 rings (SSSR count). The number of carbonyl (C=O) groups excluding carboxylic acids is 2. The lowest BCUT2D eigenvalue weighted by atomic mass is 9.77. The first-order chi connectivity index (χ1) is 12.1. The Kier molecular flexibility index (Phi) is 8.37. The molecule has 1 aliphatic rings.